The van der Waals surface area contributed by atoms with Gasteiger partial charge in [-0.25, -0.2) is 4.79 Å². The zero-order chi connectivity index (χ0) is 23.9. The SMILES string of the molecule is CCCNC(=O)Nc1ccccc1CNc1nc(O[C@@H]2CCCNC2)nc2c(C(C)C)cnn12. The van der Waals surface area contributed by atoms with Crippen LogP contribution in [-0.2, 0) is 6.54 Å². The molecule has 34 heavy (non-hydrogen) atoms. The average molecular weight is 467 g/mol. The summed E-state index contributed by atoms with van der Waals surface area (Å²) in [6, 6.07) is 7.81. The van der Waals surface area contributed by atoms with E-state index in [2.05, 4.69) is 50.2 Å². The number of urea groups is 1. The molecular weight excluding hydrogens is 432 g/mol. The Labute approximate surface area is 199 Å². The molecule has 2 amide bonds. The Hall–Kier alpha value is -3.40. The van der Waals surface area contributed by atoms with Gasteiger partial charge in [0.05, 0.1) is 6.20 Å². The van der Waals surface area contributed by atoms with Crippen molar-refractivity contribution in [1.82, 2.24) is 30.2 Å². The molecule has 4 rings (SSSR count). The highest BCUT2D eigenvalue weighted by Gasteiger charge is 2.20. The quantitative estimate of drug-likeness (QED) is 0.381. The Morgan fingerprint density at radius 2 is 2.15 bits per heavy atom. The van der Waals surface area contributed by atoms with Gasteiger partial charge in [-0.3, -0.25) is 0 Å². The van der Waals surface area contributed by atoms with Gasteiger partial charge in [0.25, 0.3) is 0 Å². The summed E-state index contributed by atoms with van der Waals surface area (Å²) in [5.74, 6) is 0.803. The highest BCUT2D eigenvalue weighted by atomic mass is 16.5. The lowest BCUT2D eigenvalue weighted by Crippen LogP contribution is -2.37. The molecule has 1 saturated heterocycles. The molecule has 182 valence electrons. The molecule has 1 aliphatic heterocycles. The summed E-state index contributed by atoms with van der Waals surface area (Å²) in [5.41, 5.74) is 3.43. The van der Waals surface area contributed by atoms with E-state index < -0.39 is 0 Å². The van der Waals surface area contributed by atoms with Gasteiger partial charge < -0.3 is 26.0 Å². The second-order valence-corrected chi connectivity index (χ2v) is 8.80. The minimum Gasteiger partial charge on any atom is -0.459 e. The van der Waals surface area contributed by atoms with Gasteiger partial charge in [-0.15, -0.1) is 0 Å². The summed E-state index contributed by atoms with van der Waals surface area (Å²) in [7, 11) is 0. The number of benzene rings is 1. The number of aromatic nitrogens is 4. The van der Waals surface area contributed by atoms with E-state index in [1.807, 2.05) is 37.4 Å². The Kier molecular flexibility index (Phi) is 7.79. The zero-order valence-corrected chi connectivity index (χ0v) is 20.1. The molecule has 0 aliphatic carbocycles. The lowest BCUT2D eigenvalue weighted by atomic mass is 10.1. The van der Waals surface area contributed by atoms with E-state index in [4.69, 9.17) is 4.74 Å². The molecule has 0 unspecified atom stereocenters. The number of amides is 2. The molecule has 0 saturated carbocycles. The monoisotopic (exact) mass is 466 g/mol. The first kappa shape index (κ1) is 23.7. The van der Waals surface area contributed by atoms with E-state index in [1.165, 1.54) is 0 Å². The normalized spacial score (nSPS) is 15.9. The number of anilines is 2. The standard InChI is InChI=1S/C24H34N8O2/c1-4-11-26-23(33)29-20-10-6-5-8-17(20)13-27-22-31-24(34-18-9-7-12-25-14-18)30-21-19(16(2)3)15-28-32(21)22/h5-6,8,10,15-16,18,25H,4,7,9,11-14H2,1-3H3,(H2,26,29,33)(H,27,30,31)/t18-/m1/s1. The molecule has 3 heterocycles. The number of rotatable bonds is 9. The van der Waals surface area contributed by atoms with Gasteiger partial charge in [0.1, 0.15) is 6.10 Å². The van der Waals surface area contributed by atoms with Crippen molar-refractivity contribution in [2.24, 2.45) is 0 Å². The van der Waals surface area contributed by atoms with Crippen LogP contribution in [0.3, 0.4) is 0 Å². The molecule has 10 nitrogen and oxygen atoms in total. The second kappa shape index (κ2) is 11.1. The molecular formula is C24H34N8O2. The van der Waals surface area contributed by atoms with Gasteiger partial charge >= 0.3 is 12.0 Å². The predicted molar refractivity (Wildman–Crippen MR) is 132 cm³/mol. The van der Waals surface area contributed by atoms with Crippen molar-refractivity contribution in [3.8, 4) is 6.01 Å². The molecule has 1 aliphatic rings. The number of nitrogens with one attached hydrogen (secondary N) is 4. The maximum atomic E-state index is 12.2. The number of para-hydroxylation sites is 1. The van der Waals surface area contributed by atoms with Crippen LogP contribution in [0.15, 0.2) is 30.5 Å². The number of hydrogen-bond acceptors (Lipinski definition) is 7. The number of piperidine rings is 1. The van der Waals surface area contributed by atoms with Crippen molar-refractivity contribution in [1.29, 1.82) is 0 Å². The molecule has 1 aromatic carbocycles. The van der Waals surface area contributed by atoms with Crippen LogP contribution in [0.5, 0.6) is 6.01 Å². The molecule has 4 N–H and O–H groups in total. The van der Waals surface area contributed by atoms with Crippen LogP contribution < -0.4 is 26.0 Å². The van der Waals surface area contributed by atoms with E-state index in [-0.39, 0.29) is 18.1 Å². The summed E-state index contributed by atoms with van der Waals surface area (Å²) in [6.07, 6.45) is 4.79. The third-order valence-corrected chi connectivity index (χ3v) is 5.76. The lowest BCUT2D eigenvalue weighted by molar-refractivity contribution is 0.153. The maximum Gasteiger partial charge on any atom is 0.322 e. The zero-order valence-electron chi connectivity index (χ0n) is 20.1. The van der Waals surface area contributed by atoms with Crippen LogP contribution in [-0.4, -0.2) is 51.4 Å². The Morgan fingerprint density at radius 3 is 2.91 bits per heavy atom. The van der Waals surface area contributed by atoms with Gasteiger partial charge in [-0.1, -0.05) is 39.0 Å². The fourth-order valence-corrected chi connectivity index (χ4v) is 3.89. The van der Waals surface area contributed by atoms with E-state index in [0.29, 0.717) is 25.0 Å². The predicted octanol–water partition coefficient (Wildman–Crippen LogP) is 3.52. The number of nitrogens with zero attached hydrogens (tertiary/aromatic N) is 4. The van der Waals surface area contributed by atoms with Crippen molar-refractivity contribution >= 4 is 23.3 Å². The fourth-order valence-electron chi connectivity index (χ4n) is 3.89. The van der Waals surface area contributed by atoms with Crippen LogP contribution >= 0.6 is 0 Å². The number of carbonyl (C=O) groups is 1. The molecule has 1 fully saturated rings. The first-order chi connectivity index (χ1) is 16.5. The molecule has 0 radical (unpaired) electrons. The summed E-state index contributed by atoms with van der Waals surface area (Å²) in [5, 5.41) is 17.0. The molecule has 2 aromatic heterocycles. The van der Waals surface area contributed by atoms with E-state index in [1.54, 1.807) is 4.52 Å². The molecule has 0 spiro atoms. The van der Waals surface area contributed by atoms with Crippen molar-refractivity contribution in [2.75, 3.05) is 30.3 Å². The third-order valence-electron chi connectivity index (χ3n) is 5.76. The van der Waals surface area contributed by atoms with Crippen molar-refractivity contribution in [3.05, 3.63) is 41.6 Å². The highest BCUT2D eigenvalue weighted by Crippen LogP contribution is 2.24. The van der Waals surface area contributed by atoms with E-state index in [9.17, 15) is 4.79 Å². The maximum absolute atomic E-state index is 12.2. The molecule has 1 atom stereocenters. The van der Waals surface area contributed by atoms with Gasteiger partial charge in [0, 0.05) is 30.9 Å². The van der Waals surface area contributed by atoms with Gasteiger partial charge in [-0.2, -0.15) is 19.6 Å². The summed E-state index contributed by atoms with van der Waals surface area (Å²) in [6.45, 7) is 9.11. The van der Waals surface area contributed by atoms with E-state index in [0.717, 1.165) is 54.8 Å². The van der Waals surface area contributed by atoms with Crippen LogP contribution in [0.4, 0.5) is 16.4 Å². The smallest absolute Gasteiger partial charge is 0.322 e. The average Bonchev–Trinajstić information content (AvgIpc) is 3.27. The van der Waals surface area contributed by atoms with Crippen LogP contribution in [0.25, 0.3) is 5.65 Å². The minimum atomic E-state index is -0.218. The van der Waals surface area contributed by atoms with Gasteiger partial charge in [-0.05, 0) is 43.4 Å². The van der Waals surface area contributed by atoms with Crippen molar-refractivity contribution < 1.29 is 9.53 Å². The van der Waals surface area contributed by atoms with Crippen LogP contribution in [0.2, 0.25) is 0 Å². The van der Waals surface area contributed by atoms with E-state index >= 15 is 0 Å². The molecule has 10 heteroatoms. The first-order valence-electron chi connectivity index (χ1n) is 12.0. The Bertz CT molecular complexity index is 1110. The van der Waals surface area contributed by atoms with Crippen molar-refractivity contribution in [3.63, 3.8) is 0 Å². The number of hydrogen-bond donors (Lipinski definition) is 4. The van der Waals surface area contributed by atoms with Crippen molar-refractivity contribution in [2.45, 2.75) is 58.6 Å². The van der Waals surface area contributed by atoms with Crippen LogP contribution in [0.1, 0.15) is 57.1 Å². The van der Waals surface area contributed by atoms with Gasteiger partial charge in [0.15, 0.2) is 5.65 Å². The summed E-state index contributed by atoms with van der Waals surface area (Å²) in [4.78, 5) is 21.5. The fraction of sp³-hybridized carbons (Fsp3) is 0.500. The largest absolute Gasteiger partial charge is 0.459 e. The third kappa shape index (κ3) is 5.74. The lowest BCUT2D eigenvalue weighted by Gasteiger charge is -2.23. The minimum absolute atomic E-state index is 0.0426. The number of ether oxygens (including phenoxy) is 1. The number of fused-ring (bicyclic) bond motifs is 1. The summed E-state index contributed by atoms with van der Waals surface area (Å²) >= 11 is 0. The second-order valence-electron chi connectivity index (χ2n) is 8.80. The Balaban J connectivity index is 1.57. The first-order valence-corrected chi connectivity index (χ1v) is 12.0. The molecule has 3 aromatic rings. The topological polar surface area (TPSA) is 118 Å². The number of carbonyl (C=O) groups excluding carboxylic acids is 1. The molecule has 0 bridgehead atoms. The summed E-state index contributed by atoms with van der Waals surface area (Å²) < 4.78 is 7.86. The van der Waals surface area contributed by atoms with Crippen LogP contribution in [0, 0.1) is 0 Å². The Morgan fingerprint density at radius 1 is 1.29 bits per heavy atom. The highest BCUT2D eigenvalue weighted by molar-refractivity contribution is 5.90. The van der Waals surface area contributed by atoms with Gasteiger partial charge in [0.2, 0.25) is 5.95 Å².